The highest BCUT2D eigenvalue weighted by atomic mass is 127. The van der Waals surface area contributed by atoms with Gasteiger partial charge in [0, 0.05) is 3.57 Å². The zero-order chi connectivity index (χ0) is 10.9. The van der Waals surface area contributed by atoms with Crippen LogP contribution in [-0.4, -0.2) is 11.1 Å². The third kappa shape index (κ3) is 2.17. The second kappa shape index (κ2) is 3.76. The minimum Gasteiger partial charge on any atom is -0.478 e. The molecule has 1 rings (SSSR count). The summed E-state index contributed by atoms with van der Waals surface area (Å²) in [5.41, 5.74) is -1.81. The molecule has 0 aliphatic rings. The van der Waals surface area contributed by atoms with Gasteiger partial charge in [-0.1, -0.05) is 6.07 Å². The lowest BCUT2D eigenvalue weighted by Crippen LogP contribution is -2.14. The van der Waals surface area contributed by atoms with Gasteiger partial charge < -0.3 is 5.11 Å². The first-order chi connectivity index (χ1) is 6.34. The molecule has 14 heavy (non-hydrogen) atoms. The lowest BCUT2D eigenvalue weighted by atomic mass is 10.1. The summed E-state index contributed by atoms with van der Waals surface area (Å²) in [5.74, 6) is -1.57. The molecule has 0 aromatic heterocycles. The predicted molar refractivity (Wildman–Crippen MR) is 51.1 cm³/mol. The van der Waals surface area contributed by atoms with Crippen LogP contribution in [0.2, 0.25) is 0 Å². The first kappa shape index (κ1) is 11.3. The molecule has 0 fully saturated rings. The Labute approximate surface area is 90.9 Å². The van der Waals surface area contributed by atoms with Crippen molar-refractivity contribution in [1.29, 1.82) is 0 Å². The number of hydrogen-bond donors (Lipinski definition) is 1. The minimum atomic E-state index is -4.63. The summed E-state index contributed by atoms with van der Waals surface area (Å²) in [6, 6.07) is 3.43. The molecular formula is C8H4F3IO2. The Hall–Kier alpha value is -0.790. The van der Waals surface area contributed by atoms with Gasteiger partial charge in [-0.3, -0.25) is 0 Å². The van der Waals surface area contributed by atoms with E-state index in [1.54, 1.807) is 0 Å². The lowest BCUT2D eigenvalue weighted by Gasteiger charge is -2.11. The number of carboxylic acid groups (broad SMARTS) is 1. The van der Waals surface area contributed by atoms with Crippen molar-refractivity contribution in [2.24, 2.45) is 0 Å². The Kier molecular flexibility index (Phi) is 3.03. The summed E-state index contributed by atoms with van der Waals surface area (Å²) in [6.07, 6.45) is -4.63. The van der Waals surface area contributed by atoms with E-state index in [2.05, 4.69) is 0 Å². The van der Waals surface area contributed by atoms with Crippen LogP contribution in [-0.2, 0) is 6.18 Å². The van der Waals surface area contributed by atoms with Crippen LogP contribution >= 0.6 is 22.6 Å². The van der Waals surface area contributed by atoms with E-state index in [1.807, 2.05) is 0 Å². The first-order valence-corrected chi connectivity index (χ1v) is 4.51. The Morgan fingerprint density at radius 3 is 2.29 bits per heavy atom. The fourth-order valence-electron chi connectivity index (χ4n) is 0.990. The van der Waals surface area contributed by atoms with Gasteiger partial charge in [0.2, 0.25) is 0 Å². The lowest BCUT2D eigenvalue weighted by molar-refractivity contribution is -0.138. The van der Waals surface area contributed by atoms with Crippen LogP contribution < -0.4 is 0 Å². The normalized spacial score (nSPS) is 11.4. The van der Waals surface area contributed by atoms with E-state index in [0.717, 1.165) is 6.07 Å². The van der Waals surface area contributed by atoms with Gasteiger partial charge in [0.1, 0.15) is 0 Å². The Morgan fingerprint density at radius 2 is 1.93 bits per heavy atom. The van der Waals surface area contributed by atoms with Crippen LogP contribution in [0.4, 0.5) is 13.2 Å². The summed E-state index contributed by atoms with van der Waals surface area (Å²) >= 11 is 1.46. The molecule has 0 bridgehead atoms. The van der Waals surface area contributed by atoms with Gasteiger partial charge in [-0.25, -0.2) is 4.79 Å². The summed E-state index contributed by atoms with van der Waals surface area (Å²) in [6.45, 7) is 0. The van der Waals surface area contributed by atoms with Crippen molar-refractivity contribution in [3.05, 3.63) is 32.9 Å². The molecule has 1 aromatic rings. The van der Waals surface area contributed by atoms with Crippen LogP contribution in [0.5, 0.6) is 0 Å². The number of aromatic carboxylic acids is 1. The maximum atomic E-state index is 12.4. The maximum Gasteiger partial charge on any atom is 0.418 e. The van der Waals surface area contributed by atoms with Crippen LogP contribution in [0.25, 0.3) is 0 Å². The van der Waals surface area contributed by atoms with Gasteiger partial charge >= 0.3 is 12.1 Å². The highest BCUT2D eigenvalue weighted by Gasteiger charge is 2.37. The molecule has 76 valence electrons. The fraction of sp³-hybridized carbons (Fsp3) is 0.125. The Balaban J connectivity index is 3.45. The number of hydrogen-bond acceptors (Lipinski definition) is 1. The van der Waals surface area contributed by atoms with Gasteiger partial charge in [-0.15, -0.1) is 0 Å². The largest absolute Gasteiger partial charge is 0.478 e. The maximum absolute atomic E-state index is 12.4. The summed E-state index contributed by atoms with van der Waals surface area (Å²) in [4.78, 5) is 10.5. The van der Waals surface area contributed by atoms with Crippen LogP contribution in [0.1, 0.15) is 15.9 Å². The second-order valence-electron chi connectivity index (χ2n) is 2.47. The predicted octanol–water partition coefficient (Wildman–Crippen LogP) is 3.01. The molecule has 0 saturated carbocycles. The molecule has 2 nitrogen and oxygen atoms in total. The molecule has 0 atom stereocenters. The van der Waals surface area contributed by atoms with E-state index in [-0.39, 0.29) is 3.57 Å². The average molecular weight is 316 g/mol. The fourth-order valence-corrected chi connectivity index (χ4v) is 1.79. The summed E-state index contributed by atoms with van der Waals surface area (Å²) in [7, 11) is 0. The molecule has 0 unspecified atom stereocenters. The van der Waals surface area contributed by atoms with Gasteiger partial charge in [0.05, 0.1) is 11.1 Å². The first-order valence-electron chi connectivity index (χ1n) is 3.43. The zero-order valence-electron chi connectivity index (χ0n) is 6.60. The minimum absolute atomic E-state index is 0.116. The van der Waals surface area contributed by atoms with Crippen molar-refractivity contribution in [2.75, 3.05) is 0 Å². The van der Waals surface area contributed by atoms with Crippen molar-refractivity contribution in [3.8, 4) is 0 Å². The monoisotopic (exact) mass is 316 g/mol. The Morgan fingerprint density at radius 1 is 1.36 bits per heavy atom. The van der Waals surface area contributed by atoms with E-state index in [9.17, 15) is 18.0 Å². The molecule has 0 radical (unpaired) electrons. The highest BCUT2D eigenvalue weighted by molar-refractivity contribution is 14.1. The number of rotatable bonds is 1. The number of benzene rings is 1. The van der Waals surface area contributed by atoms with E-state index < -0.39 is 23.3 Å². The SMILES string of the molecule is O=C(O)c1cccc(I)c1C(F)(F)F. The van der Waals surface area contributed by atoms with E-state index >= 15 is 0 Å². The molecule has 0 spiro atoms. The third-order valence-corrected chi connectivity index (χ3v) is 2.43. The molecule has 0 aliphatic carbocycles. The molecule has 0 aliphatic heterocycles. The molecule has 1 N–H and O–H groups in total. The summed E-state index contributed by atoms with van der Waals surface area (Å²) < 4.78 is 37.1. The second-order valence-corrected chi connectivity index (χ2v) is 3.63. The molecule has 6 heteroatoms. The van der Waals surface area contributed by atoms with E-state index in [4.69, 9.17) is 5.11 Å². The zero-order valence-corrected chi connectivity index (χ0v) is 8.76. The standard InChI is InChI=1S/C8H4F3IO2/c9-8(10,11)6-4(7(13)14)2-1-3-5(6)12/h1-3H,(H,13,14). The van der Waals surface area contributed by atoms with Crippen molar-refractivity contribution >= 4 is 28.6 Å². The third-order valence-electron chi connectivity index (χ3n) is 1.53. The number of carbonyl (C=O) groups is 1. The summed E-state index contributed by atoms with van der Waals surface area (Å²) in [5, 5.41) is 8.55. The molecule has 0 amide bonds. The van der Waals surface area contributed by atoms with Crippen LogP contribution in [0.3, 0.4) is 0 Å². The van der Waals surface area contributed by atoms with Crippen molar-refractivity contribution in [3.63, 3.8) is 0 Å². The van der Waals surface area contributed by atoms with Gasteiger partial charge in [0.25, 0.3) is 0 Å². The molecule has 0 saturated heterocycles. The molecular weight excluding hydrogens is 312 g/mol. The number of halogens is 4. The smallest absolute Gasteiger partial charge is 0.418 e. The van der Waals surface area contributed by atoms with Crippen molar-refractivity contribution < 1.29 is 23.1 Å². The molecule has 0 heterocycles. The van der Waals surface area contributed by atoms with Crippen LogP contribution in [0.15, 0.2) is 18.2 Å². The topological polar surface area (TPSA) is 37.3 Å². The van der Waals surface area contributed by atoms with Crippen molar-refractivity contribution in [2.45, 2.75) is 6.18 Å². The highest BCUT2D eigenvalue weighted by Crippen LogP contribution is 2.35. The number of alkyl halides is 3. The van der Waals surface area contributed by atoms with E-state index in [0.29, 0.717) is 0 Å². The van der Waals surface area contributed by atoms with Crippen LogP contribution in [0, 0.1) is 3.57 Å². The van der Waals surface area contributed by atoms with Gasteiger partial charge in [-0.05, 0) is 34.7 Å². The average Bonchev–Trinajstić information content (AvgIpc) is 2.01. The Bertz CT molecular complexity index is 373. The van der Waals surface area contributed by atoms with Crippen molar-refractivity contribution in [1.82, 2.24) is 0 Å². The number of carboxylic acids is 1. The van der Waals surface area contributed by atoms with Gasteiger partial charge in [0.15, 0.2) is 0 Å². The molecule has 1 aromatic carbocycles. The van der Waals surface area contributed by atoms with Gasteiger partial charge in [-0.2, -0.15) is 13.2 Å². The van der Waals surface area contributed by atoms with E-state index in [1.165, 1.54) is 34.7 Å². The quantitative estimate of drug-likeness (QED) is 0.809.